The van der Waals surface area contributed by atoms with Crippen LogP contribution in [0.2, 0.25) is 5.02 Å². The predicted molar refractivity (Wildman–Crippen MR) is 129 cm³/mol. The van der Waals surface area contributed by atoms with Gasteiger partial charge in [0.25, 0.3) is 5.91 Å². The fourth-order valence-electron chi connectivity index (χ4n) is 3.39. The molecule has 0 spiro atoms. The van der Waals surface area contributed by atoms with Gasteiger partial charge in [0.2, 0.25) is 0 Å². The van der Waals surface area contributed by atoms with Crippen molar-refractivity contribution in [2.45, 2.75) is 0 Å². The lowest BCUT2D eigenvalue weighted by Gasteiger charge is -2.35. The van der Waals surface area contributed by atoms with E-state index in [0.29, 0.717) is 22.0 Å². The highest BCUT2D eigenvalue weighted by atomic mass is 35.5. The summed E-state index contributed by atoms with van der Waals surface area (Å²) in [6.07, 6.45) is 0. The van der Waals surface area contributed by atoms with Crippen molar-refractivity contribution in [1.29, 1.82) is 0 Å². The van der Waals surface area contributed by atoms with E-state index in [1.54, 1.807) is 24.3 Å². The highest BCUT2D eigenvalue weighted by molar-refractivity contribution is 7.80. The lowest BCUT2D eigenvalue weighted by atomic mass is 10.1. The second kappa shape index (κ2) is 10.6. The molecule has 10 heteroatoms. The number of hydrogen-bond acceptors (Lipinski definition) is 7. The second-order valence-electron chi connectivity index (χ2n) is 7.27. The number of nitrogens with zero attached hydrogens (tertiary/aromatic N) is 2. The summed E-state index contributed by atoms with van der Waals surface area (Å²) in [4.78, 5) is 29.3. The number of anilines is 2. The van der Waals surface area contributed by atoms with Crippen LogP contribution in [0.15, 0.2) is 36.4 Å². The normalized spacial score (nSPS) is 13.9. The van der Waals surface area contributed by atoms with Gasteiger partial charge in [0, 0.05) is 31.2 Å². The van der Waals surface area contributed by atoms with Gasteiger partial charge in [0.15, 0.2) is 5.11 Å². The predicted octanol–water partition coefficient (Wildman–Crippen LogP) is 3.01. The first kappa shape index (κ1) is 23.8. The molecule has 1 aliphatic rings. The molecule has 0 saturated carbocycles. The first-order chi connectivity index (χ1) is 15.3. The summed E-state index contributed by atoms with van der Waals surface area (Å²) in [5, 5.41) is 6.18. The molecule has 32 heavy (non-hydrogen) atoms. The zero-order chi connectivity index (χ0) is 23.3. The molecular formula is C22H25ClN4O4S. The van der Waals surface area contributed by atoms with Crippen LogP contribution in [-0.2, 0) is 4.74 Å². The quantitative estimate of drug-likeness (QED) is 0.503. The van der Waals surface area contributed by atoms with E-state index < -0.39 is 11.9 Å². The monoisotopic (exact) mass is 476 g/mol. The summed E-state index contributed by atoms with van der Waals surface area (Å²) in [6, 6.07) is 9.98. The molecule has 1 heterocycles. The van der Waals surface area contributed by atoms with Crippen molar-refractivity contribution in [2.75, 3.05) is 57.7 Å². The number of likely N-dealkylation sites (N-methyl/N-ethyl adjacent to an activating group) is 1. The van der Waals surface area contributed by atoms with Gasteiger partial charge in [-0.25, -0.2) is 4.79 Å². The third-order valence-electron chi connectivity index (χ3n) is 5.14. The number of benzene rings is 2. The van der Waals surface area contributed by atoms with Gasteiger partial charge in [-0.05, 0) is 55.7 Å². The van der Waals surface area contributed by atoms with E-state index in [2.05, 4.69) is 27.5 Å². The second-order valence-corrected chi connectivity index (χ2v) is 8.11. The minimum Gasteiger partial charge on any atom is -0.496 e. The fourth-order valence-corrected chi connectivity index (χ4v) is 3.76. The molecule has 0 atom stereocenters. The number of carbonyl (C=O) groups excluding carboxylic acids is 2. The van der Waals surface area contributed by atoms with Gasteiger partial charge >= 0.3 is 5.97 Å². The maximum Gasteiger partial charge on any atom is 0.337 e. The largest absolute Gasteiger partial charge is 0.496 e. The van der Waals surface area contributed by atoms with Crippen LogP contribution in [0.25, 0.3) is 0 Å². The number of halogens is 1. The van der Waals surface area contributed by atoms with E-state index in [0.717, 1.165) is 31.9 Å². The van der Waals surface area contributed by atoms with E-state index in [1.807, 2.05) is 6.07 Å². The van der Waals surface area contributed by atoms with Crippen LogP contribution in [0.5, 0.6) is 5.75 Å². The number of hydrogen-bond donors (Lipinski definition) is 2. The Labute approximate surface area is 197 Å². The highest BCUT2D eigenvalue weighted by Crippen LogP contribution is 2.29. The zero-order valence-electron chi connectivity index (χ0n) is 18.1. The third kappa shape index (κ3) is 5.67. The Morgan fingerprint density at radius 1 is 1.06 bits per heavy atom. The minimum absolute atomic E-state index is 0.0782. The molecule has 1 fully saturated rings. The third-order valence-corrected chi connectivity index (χ3v) is 5.58. The first-order valence-corrected chi connectivity index (χ1v) is 10.7. The number of rotatable bonds is 5. The molecule has 0 aromatic heterocycles. The highest BCUT2D eigenvalue weighted by Gasteiger charge is 2.20. The molecule has 2 aromatic rings. The molecule has 1 aliphatic heterocycles. The molecule has 1 amide bonds. The number of ether oxygens (including phenoxy) is 2. The van der Waals surface area contributed by atoms with Crippen LogP contribution in [-0.4, -0.2) is 69.3 Å². The van der Waals surface area contributed by atoms with E-state index in [4.69, 9.17) is 33.3 Å². The summed E-state index contributed by atoms with van der Waals surface area (Å²) in [7, 11) is 4.87. The van der Waals surface area contributed by atoms with Gasteiger partial charge in [-0.2, -0.15) is 0 Å². The fraction of sp³-hybridized carbons (Fsp3) is 0.318. The van der Waals surface area contributed by atoms with Gasteiger partial charge in [-0.3, -0.25) is 10.1 Å². The molecule has 170 valence electrons. The number of piperazine rings is 1. The number of carbonyl (C=O) groups is 2. The summed E-state index contributed by atoms with van der Waals surface area (Å²) in [5.41, 5.74) is 2.11. The minimum atomic E-state index is -0.466. The van der Waals surface area contributed by atoms with Crippen molar-refractivity contribution in [3.63, 3.8) is 0 Å². The molecule has 1 saturated heterocycles. The maximum atomic E-state index is 12.8. The van der Waals surface area contributed by atoms with Crippen LogP contribution in [0.3, 0.4) is 0 Å². The SMILES string of the molecule is COC(=O)c1ccc(N2CCN(C)CC2)c(NC(=S)NC(=O)c2cc(Cl)ccc2OC)c1. The molecular weight excluding hydrogens is 452 g/mol. The van der Waals surface area contributed by atoms with Gasteiger partial charge in [-0.1, -0.05) is 11.6 Å². The van der Waals surface area contributed by atoms with Gasteiger partial charge < -0.3 is 24.6 Å². The average molecular weight is 477 g/mol. The number of esters is 1. The Bertz CT molecular complexity index is 1020. The van der Waals surface area contributed by atoms with Crippen molar-refractivity contribution < 1.29 is 19.1 Å². The molecule has 0 aliphatic carbocycles. The average Bonchev–Trinajstić information content (AvgIpc) is 2.79. The van der Waals surface area contributed by atoms with Gasteiger partial charge in [0.1, 0.15) is 5.75 Å². The Kier molecular flexibility index (Phi) is 7.89. The van der Waals surface area contributed by atoms with Crippen LogP contribution < -0.4 is 20.3 Å². The number of amides is 1. The van der Waals surface area contributed by atoms with Crippen molar-refractivity contribution in [1.82, 2.24) is 10.2 Å². The summed E-state index contributed by atoms with van der Waals surface area (Å²) >= 11 is 11.4. The van der Waals surface area contributed by atoms with Gasteiger partial charge in [0.05, 0.1) is 36.7 Å². The number of thiocarbonyl (C=S) groups is 1. The van der Waals surface area contributed by atoms with Gasteiger partial charge in [-0.15, -0.1) is 0 Å². The summed E-state index contributed by atoms with van der Waals surface area (Å²) in [6.45, 7) is 3.46. The lowest BCUT2D eigenvalue weighted by Crippen LogP contribution is -2.45. The van der Waals surface area contributed by atoms with E-state index in [1.165, 1.54) is 20.3 Å². The van der Waals surface area contributed by atoms with E-state index in [9.17, 15) is 9.59 Å². The van der Waals surface area contributed by atoms with Crippen molar-refractivity contribution >= 4 is 52.2 Å². The Morgan fingerprint density at radius 3 is 2.44 bits per heavy atom. The van der Waals surface area contributed by atoms with Crippen LogP contribution >= 0.6 is 23.8 Å². The zero-order valence-corrected chi connectivity index (χ0v) is 19.7. The first-order valence-electron chi connectivity index (χ1n) is 9.94. The molecule has 2 N–H and O–H groups in total. The Hall–Kier alpha value is -2.88. The van der Waals surface area contributed by atoms with Crippen molar-refractivity contribution in [3.8, 4) is 5.75 Å². The van der Waals surface area contributed by atoms with Crippen LogP contribution in [0, 0.1) is 0 Å². The van der Waals surface area contributed by atoms with Crippen LogP contribution in [0.1, 0.15) is 20.7 Å². The van der Waals surface area contributed by atoms with Crippen molar-refractivity contribution in [3.05, 3.63) is 52.5 Å². The molecule has 0 radical (unpaired) electrons. The number of nitrogens with one attached hydrogen (secondary N) is 2. The van der Waals surface area contributed by atoms with E-state index >= 15 is 0 Å². The molecule has 0 unspecified atom stereocenters. The smallest absolute Gasteiger partial charge is 0.337 e. The lowest BCUT2D eigenvalue weighted by molar-refractivity contribution is 0.0600. The summed E-state index contributed by atoms with van der Waals surface area (Å²) < 4.78 is 10.1. The summed E-state index contributed by atoms with van der Waals surface area (Å²) in [5.74, 6) is -0.552. The number of methoxy groups -OCH3 is 2. The molecule has 8 nitrogen and oxygen atoms in total. The molecule has 2 aromatic carbocycles. The maximum absolute atomic E-state index is 12.8. The Balaban J connectivity index is 1.82. The van der Waals surface area contributed by atoms with Crippen molar-refractivity contribution in [2.24, 2.45) is 0 Å². The molecule has 3 rings (SSSR count). The van der Waals surface area contributed by atoms with E-state index in [-0.39, 0.29) is 10.7 Å². The Morgan fingerprint density at radius 2 is 1.78 bits per heavy atom. The standard InChI is InChI=1S/C22H25ClN4O4S/c1-26-8-10-27(11-9-26)18-6-4-14(21(29)31-3)12-17(18)24-22(32)25-20(28)16-13-15(23)5-7-19(16)30-2/h4-7,12-13H,8-11H2,1-3H3,(H2,24,25,28,32). The topological polar surface area (TPSA) is 83.1 Å². The van der Waals surface area contributed by atoms with Crippen LogP contribution in [0.4, 0.5) is 11.4 Å². The molecule has 0 bridgehead atoms.